The lowest BCUT2D eigenvalue weighted by Crippen LogP contribution is -2.25. The van der Waals surface area contributed by atoms with Crippen molar-refractivity contribution in [1.82, 2.24) is 9.55 Å². The zero-order chi connectivity index (χ0) is 17.7. The number of anilines is 2. The van der Waals surface area contributed by atoms with Crippen LogP contribution >= 0.6 is 11.6 Å². The van der Waals surface area contributed by atoms with Gasteiger partial charge < -0.3 is 9.30 Å². The number of carbonyl (C=O) groups excluding carboxylic acids is 1. The third-order valence-electron chi connectivity index (χ3n) is 3.54. The van der Waals surface area contributed by atoms with Crippen molar-refractivity contribution in [3.63, 3.8) is 0 Å². The average Bonchev–Trinajstić information content (AvgIpc) is 3.03. The predicted molar refractivity (Wildman–Crippen MR) is 92.6 cm³/mol. The summed E-state index contributed by atoms with van der Waals surface area (Å²) in [6.45, 7) is 1.92. The molecule has 2 atom stereocenters. The molecule has 1 aromatic heterocycles. The summed E-state index contributed by atoms with van der Waals surface area (Å²) in [6, 6.07) is 6.24. The third kappa shape index (κ3) is 4.14. The number of ether oxygens (including phenoxy) is 1. The lowest BCUT2D eigenvalue weighted by Gasteiger charge is -2.24. The van der Waals surface area contributed by atoms with Gasteiger partial charge in [-0.15, -0.1) is 0 Å². The molecule has 0 fully saturated rings. The molecule has 0 aliphatic rings. The molecular formula is C15H18ClN3O4S. The highest BCUT2D eigenvalue weighted by Gasteiger charge is 2.24. The maximum absolute atomic E-state index is 11.9. The van der Waals surface area contributed by atoms with Crippen molar-refractivity contribution in [3.05, 3.63) is 41.7 Å². The van der Waals surface area contributed by atoms with E-state index in [9.17, 15) is 13.6 Å². The van der Waals surface area contributed by atoms with Gasteiger partial charge in [-0.1, -0.05) is 18.5 Å². The van der Waals surface area contributed by atoms with Gasteiger partial charge in [0.2, 0.25) is 5.95 Å². The number of imidazole rings is 1. The van der Waals surface area contributed by atoms with Crippen molar-refractivity contribution >= 4 is 40.5 Å². The summed E-state index contributed by atoms with van der Waals surface area (Å²) in [5, 5.41) is 0.517. The van der Waals surface area contributed by atoms with Gasteiger partial charge in [0.25, 0.3) is 11.3 Å². The molecule has 0 saturated carbocycles. The molecule has 9 heteroatoms. The standard InChI is InChI=1S/C15H18ClN3O4S/c1-3-12(10-14(20)23-2)18-9-8-17-15(18)19(24(21)22)13-6-4-11(16)5-7-13/h4-9,12H,3,10H2,1-2H3,(H,21,22). The molecule has 0 spiro atoms. The van der Waals surface area contributed by atoms with E-state index in [1.807, 2.05) is 6.92 Å². The number of carbonyl (C=O) groups is 1. The Morgan fingerprint density at radius 2 is 2.12 bits per heavy atom. The van der Waals surface area contributed by atoms with Crippen molar-refractivity contribution in [1.29, 1.82) is 0 Å². The summed E-state index contributed by atoms with van der Waals surface area (Å²) >= 11 is 3.53. The maximum atomic E-state index is 11.9. The molecule has 130 valence electrons. The third-order valence-corrected chi connectivity index (χ3v) is 4.48. The lowest BCUT2D eigenvalue weighted by atomic mass is 10.1. The normalized spacial score (nSPS) is 13.3. The van der Waals surface area contributed by atoms with Crippen LogP contribution < -0.4 is 4.31 Å². The first kappa shape index (κ1) is 18.4. The highest BCUT2D eigenvalue weighted by Crippen LogP contribution is 2.30. The van der Waals surface area contributed by atoms with E-state index in [1.165, 1.54) is 13.3 Å². The molecule has 1 N–H and O–H groups in total. The molecule has 2 unspecified atom stereocenters. The van der Waals surface area contributed by atoms with Gasteiger partial charge in [0.15, 0.2) is 0 Å². The molecule has 1 aromatic carbocycles. The average molecular weight is 372 g/mol. The van der Waals surface area contributed by atoms with Crippen molar-refractivity contribution < 1.29 is 18.3 Å². The zero-order valence-corrected chi connectivity index (χ0v) is 14.8. The summed E-state index contributed by atoms with van der Waals surface area (Å²) in [7, 11) is 1.33. The number of methoxy groups -OCH3 is 1. The fourth-order valence-corrected chi connectivity index (χ4v) is 3.02. The van der Waals surface area contributed by atoms with Crippen LogP contribution in [-0.2, 0) is 20.8 Å². The first-order valence-electron chi connectivity index (χ1n) is 7.24. The molecule has 0 saturated heterocycles. The topological polar surface area (TPSA) is 84.7 Å². The van der Waals surface area contributed by atoms with Crippen LogP contribution in [0.1, 0.15) is 25.8 Å². The molecular weight excluding hydrogens is 354 g/mol. The van der Waals surface area contributed by atoms with E-state index in [0.29, 0.717) is 17.1 Å². The minimum atomic E-state index is -2.34. The molecule has 2 rings (SSSR count). The van der Waals surface area contributed by atoms with Crippen LogP contribution in [0.2, 0.25) is 5.02 Å². The summed E-state index contributed by atoms with van der Waals surface area (Å²) in [5.41, 5.74) is 0.459. The molecule has 7 nitrogen and oxygen atoms in total. The zero-order valence-electron chi connectivity index (χ0n) is 13.3. The molecule has 0 aliphatic carbocycles. The number of benzene rings is 1. The SMILES string of the molecule is CCC(CC(=O)OC)n1ccnc1N(c1ccc(Cl)cc1)S(=O)O. The van der Waals surface area contributed by atoms with Gasteiger partial charge in [0, 0.05) is 23.5 Å². The molecule has 24 heavy (non-hydrogen) atoms. The number of hydrogen-bond acceptors (Lipinski definition) is 4. The van der Waals surface area contributed by atoms with E-state index in [0.717, 1.165) is 4.31 Å². The van der Waals surface area contributed by atoms with Crippen LogP contribution in [0.15, 0.2) is 36.7 Å². The Morgan fingerprint density at radius 1 is 1.46 bits per heavy atom. The number of hydrogen-bond donors (Lipinski definition) is 1. The fourth-order valence-electron chi connectivity index (χ4n) is 2.31. The van der Waals surface area contributed by atoms with E-state index in [4.69, 9.17) is 16.3 Å². The number of aromatic nitrogens is 2. The largest absolute Gasteiger partial charge is 0.469 e. The summed E-state index contributed by atoms with van der Waals surface area (Å²) in [6.07, 6.45) is 3.96. The second kappa shape index (κ2) is 8.27. The summed E-state index contributed by atoms with van der Waals surface area (Å²) < 4.78 is 29.2. The van der Waals surface area contributed by atoms with Gasteiger partial charge in [0.1, 0.15) is 0 Å². The summed E-state index contributed by atoms with van der Waals surface area (Å²) in [5.74, 6) is -0.0985. The smallest absolute Gasteiger partial charge is 0.307 e. The van der Waals surface area contributed by atoms with E-state index in [2.05, 4.69) is 4.98 Å². The van der Waals surface area contributed by atoms with E-state index in [1.54, 1.807) is 35.0 Å². The summed E-state index contributed by atoms with van der Waals surface area (Å²) in [4.78, 5) is 15.8. The van der Waals surface area contributed by atoms with Crippen molar-refractivity contribution in [2.45, 2.75) is 25.8 Å². The van der Waals surface area contributed by atoms with Gasteiger partial charge in [0.05, 0.1) is 19.2 Å². The minimum Gasteiger partial charge on any atom is -0.469 e. The van der Waals surface area contributed by atoms with Gasteiger partial charge in [-0.3, -0.25) is 9.35 Å². The first-order valence-corrected chi connectivity index (χ1v) is 8.68. The fraction of sp³-hybridized carbons (Fsp3) is 0.333. The first-order chi connectivity index (χ1) is 11.5. The highest BCUT2D eigenvalue weighted by molar-refractivity contribution is 7.81. The molecule has 0 aliphatic heterocycles. The maximum Gasteiger partial charge on any atom is 0.307 e. The molecule has 1 heterocycles. The second-order valence-corrected chi connectivity index (χ2v) is 6.24. The van der Waals surface area contributed by atoms with E-state index >= 15 is 0 Å². The van der Waals surface area contributed by atoms with Crippen LogP contribution in [0.3, 0.4) is 0 Å². The van der Waals surface area contributed by atoms with Gasteiger partial charge in [-0.25, -0.2) is 13.5 Å². The molecule has 0 amide bonds. The Hall–Kier alpha value is -1.90. The Bertz CT molecular complexity index is 720. The van der Waals surface area contributed by atoms with Crippen LogP contribution in [-0.4, -0.2) is 31.4 Å². The number of halogens is 1. The Labute approximate surface area is 147 Å². The monoisotopic (exact) mass is 371 g/mol. The Kier molecular flexibility index (Phi) is 6.36. The van der Waals surface area contributed by atoms with Crippen molar-refractivity contribution in [3.8, 4) is 0 Å². The number of rotatable bonds is 7. The minimum absolute atomic E-state index is 0.142. The van der Waals surface area contributed by atoms with Crippen LogP contribution in [0.5, 0.6) is 0 Å². The number of esters is 1. The van der Waals surface area contributed by atoms with E-state index in [-0.39, 0.29) is 24.4 Å². The molecule has 2 aromatic rings. The Balaban J connectivity index is 2.42. The van der Waals surface area contributed by atoms with Crippen LogP contribution in [0.4, 0.5) is 11.6 Å². The molecule has 0 radical (unpaired) electrons. The lowest BCUT2D eigenvalue weighted by molar-refractivity contribution is -0.141. The van der Waals surface area contributed by atoms with Gasteiger partial charge >= 0.3 is 5.97 Å². The number of nitrogens with zero attached hydrogens (tertiary/aromatic N) is 3. The predicted octanol–water partition coefficient (Wildman–Crippen LogP) is 3.33. The Morgan fingerprint density at radius 3 is 2.67 bits per heavy atom. The van der Waals surface area contributed by atoms with Crippen molar-refractivity contribution in [2.75, 3.05) is 11.4 Å². The molecule has 0 bridgehead atoms. The van der Waals surface area contributed by atoms with Crippen LogP contribution in [0, 0.1) is 0 Å². The van der Waals surface area contributed by atoms with Gasteiger partial charge in [-0.2, -0.15) is 0 Å². The second-order valence-electron chi connectivity index (χ2n) is 4.98. The van der Waals surface area contributed by atoms with Crippen molar-refractivity contribution in [2.24, 2.45) is 0 Å². The quantitative estimate of drug-likeness (QED) is 0.596. The van der Waals surface area contributed by atoms with Crippen LogP contribution in [0.25, 0.3) is 0 Å². The van der Waals surface area contributed by atoms with Gasteiger partial charge in [-0.05, 0) is 30.7 Å². The van der Waals surface area contributed by atoms with E-state index < -0.39 is 11.3 Å². The highest BCUT2D eigenvalue weighted by atomic mass is 35.5.